The summed E-state index contributed by atoms with van der Waals surface area (Å²) in [4.78, 5) is 29.2. The van der Waals surface area contributed by atoms with Crippen molar-refractivity contribution >= 4 is 34.4 Å². The highest BCUT2D eigenvalue weighted by molar-refractivity contribution is 6.36. The Bertz CT molecular complexity index is 1050. The van der Waals surface area contributed by atoms with E-state index in [1.54, 1.807) is 40.1 Å². The highest BCUT2D eigenvalue weighted by Crippen LogP contribution is 2.37. The molecule has 0 aliphatic rings. The summed E-state index contributed by atoms with van der Waals surface area (Å²) in [6.07, 6.45) is 3.29. The predicted molar refractivity (Wildman–Crippen MR) is 111 cm³/mol. The maximum absolute atomic E-state index is 12.6. The van der Waals surface area contributed by atoms with Gasteiger partial charge >= 0.3 is 11.9 Å². The molecule has 1 aromatic carbocycles. The fraction of sp³-hybridized carbons (Fsp3) is 0.318. The Morgan fingerprint density at radius 3 is 2.48 bits per heavy atom. The summed E-state index contributed by atoms with van der Waals surface area (Å²) in [6.45, 7) is 7.62. The molecule has 0 amide bonds. The molecule has 0 radical (unpaired) electrons. The Hall–Kier alpha value is -2.86. The molecule has 0 spiro atoms. The molecule has 0 unspecified atom stereocenters. The lowest BCUT2D eigenvalue weighted by atomic mass is 9.97. The molecule has 6 nitrogen and oxygen atoms in total. The first-order valence-electron chi connectivity index (χ1n) is 9.33. The number of carbonyl (C=O) groups excluding carboxylic acids is 2. The number of rotatable bonds is 5. The molecule has 0 saturated heterocycles. The van der Waals surface area contributed by atoms with Crippen LogP contribution in [0, 0.1) is 5.41 Å². The molecule has 0 aliphatic carbocycles. The molecular formula is C22H23ClN2O4. The van der Waals surface area contributed by atoms with Gasteiger partial charge in [-0.25, -0.2) is 9.78 Å². The number of benzene rings is 1. The van der Waals surface area contributed by atoms with Gasteiger partial charge in [-0.05, 0) is 33.3 Å². The zero-order chi connectivity index (χ0) is 21.2. The SMILES string of the molecule is CCOC(=O)c1ncc2c(c(Cl)cn2Cc2ccccc2)c1OC(=O)C(C)(C)C. The van der Waals surface area contributed by atoms with Crippen LogP contribution in [-0.4, -0.2) is 28.1 Å². The fourth-order valence-corrected chi connectivity index (χ4v) is 3.10. The van der Waals surface area contributed by atoms with Crippen molar-refractivity contribution in [2.75, 3.05) is 6.61 Å². The van der Waals surface area contributed by atoms with Crippen molar-refractivity contribution in [1.29, 1.82) is 0 Å². The largest absolute Gasteiger partial charge is 0.461 e. The number of aromatic nitrogens is 2. The van der Waals surface area contributed by atoms with Crippen molar-refractivity contribution in [3.8, 4) is 5.75 Å². The molecule has 0 aliphatic heterocycles. The molecule has 29 heavy (non-hydrogen) atoms. The number of nitrogens with zero attached hydrogens (tertiary/aromatic N) is 2. The summed E-state index contributed by atoms with van der Waals surface area (Å²) in [5.74, 6) is -1.14. The van der Waals surface area contributed by atoms with Gasteiger partial charge in [-0.1, -0.05) is 41.9 Å². The van der Waals surface area contributed by atoms with Gasteiger partial charge in [0.2, 0.25) is 0 Å². The van der Waals surface area contributed by atoms with Crippen molar-refractivity contribution in [3.05, 3.63) is 59.0 Å². The minimum Gasteiger partial charge on any atom is -0.461 e. The first-order valence-corrected chi connectivity index (χ1v) is 9.70. The molecule has 3 aromatic rings. The van der Waals surface area contributed by atoms with Crippen LogP contribution >= 0.6 is 11.6 Å². The van der Waals surface area contributed by atoms with Gasteiger partial charge in [0, 0.05) is 12.7 Å². The third-order valence-electron chi connectivity index (χ3n) is 4.30. The highest BCUT2D eigenvalue weighted by atomic mass is 35.5. The minimum absolute atomic E-state index is 0.0256. The first-order chi connectivity index (χ1) is 13.7. The van der Waals surface area contributed by atoms with E-state index in [2.05, 4.69) is 4.98 Å². The lowest BCUT2D eigenvalue weighted by molar-refractivity contribution is -0.142. The second kappa shape index (κ2) is 8.25. The van der Waals surface area contributed by atoms with E-state index in [0.717, 1.165) is 5.56 Å². The van der Waals surface area contributed by atoms with Gasteiger partial charge in [-0.15, -0.1) is 0 Å². The molecule has 0 fully saturated rings. The van der Waals surface area contributed by atoms with E-state index in [1.807, 2.05) is 34.9 Å². The standard InChI is InChI=1S/C22H23ClN2O4/c1-5-28-20(26)18-19(29-21(27)22(2,3)4)17-15(23)13-25(16(17)11-24-18)12-14-9-7-6-8-10-14/h6-11,13H,5,12H2,1-4H3. The van der Waals surface area contributed by atoms with Crippen LogP contribution in [0.3, 0.4) is 0 Å². The van der Waals surface area contributed by atoms with Crippen LogP contribution in [0.4, 0.5) is 0 Å². The predicted octanol–water partition coefficient (Wildman–Crippen LogP) is 4.87. The van der Waals surface area contributed by atoms with E-state index in [-0.39, 0.29) is 18.1 Å². The van der Waals surface area contributed by atoms with Gasteiger partial charge in [0.05, 0.1) is 34.1 Å². The maximum Gasteiger partial charge on any atom is 0.360 e. The summed E-state index contributed by atoms with van der Waals surface area (Å²) in [7, 11) is 0. The van der Waals surface area contributed by atoms with Gasteiger partial charge in [0.15, 0.2) is 11.4 Å². The third-order valence-corrected chi connectivity index (χ3v) is 4.59. The van der Waals surface area contributed by atoms with E-state index in [0.29, 0.717) is 22.5 Å². The van der Waals surface area contributed by atoms with E-state index >= 15 is 0 Å². The Labute approximate surface area is 174 Å². The molecule has 0 bridgehead atoms. The van der Waals surface area contributed by atoms with Crippen LogP contribution in [0.25, 0.3) is 10.9 Å². The second-order valence-corrected chi connectivity index (χ2v) is 8.05. The topological polar surface area (TPSA) is 70.4 Å². The van der Waals surface area contributed by atoms with Crippen molar-refractivity contribution in [3.63, 3.8) is 0 Å². The maximum atomic E-state index is 12.6. The number of ether oxygens (including phenoxy) is 2. The van der Waals surface area contributed by atoms with E-state index < -0.39 is 17.4 Å². The van der Waals surface area contributed by atoms with E-state index in [4.69, 9.17) is 21.1 Å². The van der Waals surface area contributed by atoms with Gasteiger partial charge < -0.3 is 14.0 Å². The normalized spacial score (nSPS) is 11.5. The molecule has 0 N–H and O–H groups in total. The van der Waals surface area contributed by atoms with Crippen LogP contribution in [0.1, 0.15) is 43.7 Å². The summed E-state index contributed by atoms with van der Waals surface area (Å²) < 4.78 is 12.6. The molecule has 3 rings (SSSR count). The number of fused-ring (bicyclic) bond motifs is 1. The Morgan fingerprint density at radius 1 is 1.17 bits per heavy atom. The molecule has 0 atom stereocenters. The smallest absolute Gasteiger partial charge is 0.360 e. The average Bonchev–Trinajstić information content (AvgIpc) is 2.98. The minimum atomic E-state index is -0.771. The molecule has 0 saturated carbocycles. The number of pyridine rings is 1. The van der Waals surface area contributed by atoms with Crippen LogP contribution in [0.2, 0.25) is 5.02 Å². The highest BCUT2D eigenvalue weighted by Gasteiger charge is 2.29. The summed E-state index contributed by atoms with van der Waals surface area (Å²) >= 11 is 6.51. The van der Waals surface area contributed by atoms with Crippen molar-refractivity contribution < 1.29 is 19.1 Å². The molecule has 7 heteroatoms. The van der Waals surface area contributed by atoms with E-state index in [9.17, 15) is 9.59 Å². The van der Waals surface area contributed by atoms with Crippen molar-refractivity contribution in [2.24, 2.45) is 5.41 Å². The number of hydrogen-bond acceptors (Lipinski definition) is 5. The summed E-state index contributed by atoms with van der Waals surface area (Å²) in [6, 6.07) is 9.86. The molecule has 2 aromatic heterocycles. The zero-order valence-corrected chi connectivity index (χ0v) is 17.6. The van der Waals surface area contributed by atoms with Crippen LogP contribution in [0.5, 0.6) is 5.75 Å². The zero-order valence-electron chi connectivity index (χ0n) is 16.9. The average molecular weight is 415 g/mol. The summed E-state index contributed by atoms with van der Waals surface area (Å²) in [5, 5.41) is 0.818. The van der Waals surface area contributed by atoms with Crippen LogP contribution in [-0.2, 0) is 16.1 Å². The van der Waals surface area contributed by atoms with Gasteiger partial charge in [0.25, 0.3) is 0 Å². The monoisotopic (exact) mass is 414 g/mol. The molecular weight excluding hydrogens is 392 g/mol. The van der Waals surface area contributed by atoms with Gasteiger partial charge in [-0.2, -0.15) is 0 Å². The van der Waals surface area contributed by atoms with Crippen molar-refractivity contribution in [1.82, 2.24) is 9.55 Å². The number of esters is 2. The fourth-order valence-electron chi connectivity index (χ4n) is 2.80. The van der Waals surface area contributed by atoms with Crippen LogP contribution < -0.4 is 4.74 Å². The Balaban J connectivity index is 2.15. The Morgan fingerprint density at radius 2 is 1.86 bits per heavy atom. The van der Waals surface area contributed by atoms with E-state index in [1.165, 1.54) is 0 Å². The molecule has 2 heterocycles. The quantitative estimate of drug-likeness (QED) is 0.557. The third kappa shape index (κ3) is 4.43. The first kappa shape index (κ1) is 20.9. The van der Waals surface area contributed by atoms with Crippen molar-refractivity contribution in [2.45, 2.75) is 34.2 Å². The summed E-state index contributed by atoms with van der Waals surface area (Å²) in [5.41, 5.74) is 0.886. The van der Waals surface area contributed by atoms with Crippen LogP contribution in [0.15, 0.2) is 42.7 Å². The second-order valence-electron chi connectivity index (χ2n) is 7.65. The van der Waals surface area contributed by atoms with Gasteiger partial charge in [0.1, 0.15) is 0 Å². The number of halogens is 1. The molecule has 152 valence electrons. The number of hydrogen-bond donors (Lipinski definition) is 0. The lowest BCUT2D eigenvalue weighted by Crippen LogP contribution is -2.26. The Kier molecular flexibility index (Phi) is 5.94. The number of carbonyl (C=O) groups is 2. The lowest BCUT2D eigenvalue weighted by Gasteiger charge is -2.18. The van der Waals surface area contributed by atoms with Gasteiger partial charge in [-0.3, -0.25) is 4.79 Å².